The minimum Gasteiger partial charge on any atom is -0.396 e. The maximum absolute atomic E-state index is 9.00. The molecule has 1 aromatic carbocycles. The molecule has 0 amide bonds. The van der Waals surface area contributed by atoms with Crippen LogP contribution in [0.5, 0.6) is 0 Å². The minimum absolute atomic E-state index is 0.219. The van der Waals surface area contributed by atoms with Crippen molar-refractivity contribution in [1.29, 1.82) is 0 Å². The second-order valence-corrected chi connectivity index (χ2v) is 5.75. The molecule has 96 valence electrons. The highest BCUT2D eigenvalue weighted by atomic mass is 79.9. The summed E-state index contributed by atoms with van der Waals surface area (Å²) >= 11 is 9.41. The summed E-state index contributed by atoms with van der Waals surface area (Å²) in [5, 5.41) is 13.2. The van der Waals surface area contributed by atoms with Crippen molar-refractivity contribution in [1.82, 2.24) is 5.32 Å². The van der Waals surface area contributed by atoms with E-state index in [1.165, 1.54) is 0 Å². The number of nitrogens with one attached hydrogen (secondary N) is 1. The molecule has 0 fully saturated rings. The molecule has 0 spiro atoms. The molecule has 17 heavy (non-hydrogen) atoms. The Morgan fingerprint density at radius 3 is 2.65 bits per heavy atom. The van der Waals surface area contributed by atoms with Crippen molar-refractivity contribution in [3.63, 3.8) is 0 Å². The lowest BCUT2D eigenvalue weighted by Crippen LogP contribution is -2.34. The summed E-state index contributed by atoms with van der Waals surface area (Å²) < 4.78 is 0.915. The van der Waals surface area contributed by atoms with Crippen molar-refractivity contribution in [3.8, 4) is 0 Å². The fourth-order valence-corrected chi connectivity index (χ4v) is 2.16. The highest BCUT2D eigenvalue weighted by Gasteiger charge is 2.11. The number of benzene rings is 1. The zero-order valence-corrected chi connectivity index (χ0v) is 12.6. The second kappa shape index (κ2) is 7.37. The SMILES string of the molecule is CC(C)C(CCO)NCc1ccc(Br)c(Cl)c1. The predicted octanol–water partition coefficient (Wildman–Crippen LogP) is 3.60. The molecule has 1 atom stereocenters. The number of hydrogen-bond donors (Lipinski definition) is 2. The fraction of sp³-hybridized carbons (Fsp3) is 0.538. The summed E-state index contributed by atoms with van der Waals surface area (Å²) in [6.07, 6.45) is 0.780. The Balaban J connectivity index is 2.56. The van der Waals surface area contributed by atoms with Crippen LogP contribution in [0.4, 0.5) is 0 Å². The Kier molecular flexibility index (Phi) is 6.49. The maximum atomic E-state index is 9.00. The summed E-state index contributed by atoms with van der Waals surface area (Å²) in [6, 6.07) is 6.28. The van der Waals surface area contributed by atoms with Crippen LogP contribution >= 0.6 is 27.5 Å². The molecule has 4 heteroatoms. The van der Waals surface area contributed by atoms with E-state index in [0.29, 0.717) is 12.0 Å². The van der Waals surface area contributed by atoms with Crippen LogP contribution in [0.3, 0.4) is 0 Å². The van der Waals surface area contributed by atoms with Crippen molar-refractivity contribution >= 4 is 27.5 Å². The third kappa shape index (κ3) is 4.96. The van der Waals surface area contributed by atoms with E-state index < -0.39 is 0 Å². The van der Waals surface area contributed by atoms with Crippen LogP contribution < -0.4 is 5.32 Å². The number of aliphatic hydroxyl groups excluding tert-OH is 1. The molecule has 1 aromatic rings. The summed E-state index contributed by atoms with van der Waals surface area (Å²) in [7, 11) is 0. The van der Waals surface area contributed by atoms with E-state index in [-0.39, 0.29) is 6.61 Å². The summed E-state index contributed by atoms with van der Waals surface area (Å²) in [4.78, 5) is 0. The van der Waals surface area contributed by atoms with Gasteiger partial charge in [-0.2, -0.15) is 0 Å². The van der Waals surface area contributed by atoms with Crippen molar-refractivity contribution in [2.24, 2.45) is 5.92 Å². The standard InChI is InChI=1S/C13H19BrClNO/c1-9(2)13(5-6-17)16-8-10-3-4-11(14)12(15)7-10/h3-4,7,9,13,16-17H,5-6,8H2,1-2H3. The van der Waals surface area contributed by atoms with E-state index in [1.54, 1.807) is 0 Å². The van der Waals surface area contributed by atoms with Gasteiger partial charge in [-0.25, -0.2) is 0 Å². The molecule has 2 nitrogen and oxygen atoms in total. The average Bonchev–Trinajstić information content (AvgIpc) is 2.28. The van der Waals surface area contributed by atoms with Crippen LogP contribution in [0.1, 0.15) is 25.8 Å². The molecule has 0 aliphatic heterocycles. The van der Waals surface area contributed by atoms with Gasteiger partial charge >= 0.3 is 0 Å². The number of halogens is 2. The Morgan fingerprint density at radius 1 is 1.41 bits per heavy atom. The van der Waals surface area contributed by atoms with Crippen molar-refractivity contribution in [2.45, 2.75) is 32.9 Å². The van der Waals surface area contributed by atoms with Crippen molar-refractivity contribution < 1.29 is 5.11 Å². The number of hydrogen-bond acceptors (Lipinski definition) is 2. The van der Waals surface area contributed by atoms with Crippen LogP contribution in [0, 0.1) is 5.92 Å². The molecule has 0 aliphatic rings. The number of rotatable bonds is 6. The van der Waals surface area contributed by atoms with Gasteiger partial charge in [0.25, 0.3) is 0 Å². The Hall–Kier alpha value is -0.0900. The minimum atomic E-state index is 0.219. The fourth-order valence-electron chi connectivity index (χ4n) is 1.71. The first-order chi connectivity index (χ1) is 8.04. The first kappa shape index (κ1) is 15.0. The van der Waals surface area contributed by atoms with Crippen LogP contribution in [0.2, 0.25) is 5.02 Å². The molecule has 0 bridgehead atoms. The van der Waals surface area contributed by atoms with Gasteiger partial charge in [0.1, 0.15) is 0 Å². The van der Waals surface area contributed by atoms with E-state index in [4.69, 9.17) is 16.7 Å². The lowest BCUT2D eigenvalue weighted by Gasteiger charge is -2.21. The van der Waals surface area contributed by atoms with Crippen molar-refractivity contribution in [3.05, 3.63) is 33.3 Å². The molecule has 0 aliphatic carbocycles. The molecule has 2 N–H and O–H groups in total. The van der Waals surface area contributed by atoms with Gasteiger partial charge in [-0.1, -0.05) is 31.5 Å². The van der Waals surface area contributed by atoms with E-state index in [2.05, 4.69) is 35.1 Å². The van der Waals surface area contributed by atoms with Crippen molar-refractivity contribution in [2.75, 3.05) is 6.61 Å². The summed E-state index contributed by atoms with van der Waals surface area (Å²) in [5.74, 6) is 0.507. The second-order valence-electron chi connectivity index (χ2n) is 4.49. The molecule has 0 saturated carbocycles. The van der Waals surface area contributed by atoms with Crippen LogP contribution in [0.25, 0.3) is 0 Å². The zero-order chi connectivity index (χ0) is 12.8. The van der Waals surface area contributed by atoms with Gasteiger partial charge in [-0.05, 0) is 46.0 Å². The molecular weight excluding hydrogens is 302 g/mol. The topological polar surface area (TPSA) is 32.3 Å². The van der Waals surface area contributed by atoms with Gasteiger partial charge in [-0.15, -0.1) is 0 Å². The smallest absolute Gasteiger partial charge is 0.0551 e. The molecule has 0 heterocycles. The summed E-state index contributed by atoms with van der Waals surface area (Å²) in [5.41, 5.74) is 1.15. The third-order valence-corrected chi connectivity index (χ3v) is 4.03. The normalized spacial score (nSPS) is 13.1. The van der Waals surface area contributed by atoms with Gasteiger partial charge in [0.05, 0.1) is 5.02 Å². The highest BCUT2D eigenvalue weighted by Crippen LogP contribution is 2.23. The van der Waals surface area contributed by atoms with Gasteiger partial charge in [0, 0.05) is 23.7 Å². The summed E-state index contributed by atoms with van der Waals surface area (Å²) in [6.45, 7) is 5.30. The largest absolute Gasteiger partial charge is 0.396 e. The monoisotopic (exact) mass is 319 g/mol. The zero-order valence-electron chi connectivity index (χ0n) is 10.2. The Labute approximate surface area is 117 Å². The quantitative estimate of drug-likeness (QED) is 0.839. The van der Waals surface area contributed by atoms with Gasteiger partial charge in [0.15, 0.2) is 0 Å². The first-order valence-electron chi connectivity index (χ1n) is 5.82. The van der Waals surface area contributed by atoms with E-state index in [0.717, 1.165) is 28.0 Å². The van der Waals surface area contributed by atoms with Crippen LogP contribution in [-0.4, -0.2) is 17.8 Å². The molecule has 0 saturated heterocycles. The molecule has 1 rings (SSSR count). The van der Waals surface area contributed by atoms with E-state index >= 15 is 0 Å². The van der Waals surface area contributed by atoms with Gasteiger partial charge in [0.2, 0.25) is 0 Å². The van der Waals surface area contributed by atoms with Gasteiger partial charge in [-0.3, -0.25) is 0 Å². The Bertz CT molecular complexity index is 357. The predicted molar refractivity (Wildman–Crippen MR) is 76.3 cm³/mol. The van der Waals surface area contributed by atoms with E-state index in [9.17, 15) is 0 Å². The molecule has 1 unspecified atom stereocenters. The third-order valence-electron chi connectivity index (χ3n) is 2.80. The number of aliphatic hydroxyl groups is 1. The van der Waals surface area contributed by atoms with E-state index in [1.807, 2.05) is 18.2 Å². The average molecular weight is 321 g/mol. The molecule has 0 aromatic heterocycles. The Morgan fingerprint density at radius 2 is 2.12 bits per heavy atom. The lowest BCUT2D eigenvalue weighted by molar-refractivity contribution is 0.244. The molecule has 0 radical (unpaired) electrons. The van der Waals surface area contributed by atoms with Gasteiger partial charge < -0.3 is 10.4 Å². The first-order valence-corrected chi connectivity index (χ1v) is 7.00. The lowest BCUT2D eigenvalue weighted by atomic mass is 10.0. The maximum Gasteiger partial charge on any atom is 0.0551 e. The highest BCUT2D eigenvalue weighted by molar-refractivity contribution is 9.10. The molecular formula is C13H19BrClNO. The van der Waals surface area contributed by atoms with Crippen LogP contribution in [0.15, 0.2) is 22.7 Å². The van der Waals surface area contributed by atoms with Crippen LogP contribution in [-0.2, 0) is 6.54 Å².